The van der Waals surface area contributed by atoms with Gasteiger partial charge in [-0.3, -0.25) is 4.79 Å². The standard InChI is InChI=1S/C25H15F2N3O/c26-22-8-4-7-21(24(22)27)25(31)19(16-28)15-17-9-11-20(12-10-17)30-14-13-23(29-30)18-5-2-1-3-6-18/h1-15H. The minimum absolute atomic E-state index is 0.289. The van der Waals surface area contributed by atoms with Crippen molar-refractivity contribution < 1.29 is 13.6 Å². The van der Waals surface area contributed by atoms with Crippen molar-refractivity contribution >= 4 is 11.9 Å². The fourth-order valence-electron chi connectivity index (χ4n) is 3.09. The highest BCUT2D eigenvalue weighted by molar-refractivity contribution is 6.14. The van der Waals surface area contributed by atoms with E-state index in [1.807, 2.05) is 42.6 Å². The first-order valence-corrected chi connectivity index (χ1v) is 9.39. The fourth-order valence-corrected chi connectivity index (χ4v) is 3.09. The predicted octanol–water partition coefficient (Wildman–Crippen LogP) is 5.61. The summed E-state index contributed by atoms with van der Waals surface area (Å²) in [6.45, 7) is 0. The Morgan fingerprint density at radius 1 is 0.935 bits per heavy atom. The molecule has 31 heavy (non-hydrogen) atoms. The maximum atomic E-state index is 13.9. The van der Waals surface area contributed by atoms with Crippen LogP contribution in [-0.2, 0) is 0 Å². The molecular weight excluding hydrogens is 396 g/mol. The number of carbonyl (C=O) groups is 1. The third kappa shape index (κ3) is 4.16. The Morgan fingerprint density at radius 3 is 2.39 bits per heavy atom. The van der Waals surface area contributed by atoms with Crippen molar-refractivity contribution in [1.29, 1.82) is 5.26 Å². The van der Waals surface area contributed by atoms with E-state index in [2.05, 4.69) is 5.10 Å². The Kier molecular flexibility index (Phi) is 5.50. The third-order valence-corrected chi connectivity index (χ3v) is 4.69. The SMILES string of the molecule is N#CC(=Cc1ccc(-n2ccc(-c3ccccc3)n2)cc1)C(=O)c1cccc(F)c1F. The van der Waals surface area contributed by atoms with Crippen molar-refractivity contribution in [2.45, 2.75) is 0 Å². The summed E-state index contributed by atoms with van der Waals surface area (Å²) >= 11 is 0. The molecule has 0 atom stereocenters. The number of hydrogen-bond acceptors (Lipinski definition) is 3. The van der Waals surface area contributed by atoms with Gasteiger partial charge in [-0.05, 0) is 42.0 Å². The van der Waals surface area contributed by atoms with Crippen molar-refractivity contribution in [2.24, 2.45) is 0 Å². The van der Waals surface area contributed by atoms with Crippen molar-refractivity contribution in [3.8, 4) is 23.0 Å². The molecule has 3 aromatic carbocycles. The summed E-state index contributed by atoms with van der Waals surface area (Å²) in [4.78, 5) is 12.5. The number of nitrogens with zero attached hydrogens (tertiary/aromatic N) is 3. The highest BCUT2D eigenvalue weighted by atomic mass is 19.2. The van der Waals surface area contributed by atoms with Crippen LogP contribution in [0.2, 0.25) is 0 Å². The van der Waals surface area contributed by atoms with Gasteiger partial charge in [0.05, 0.1) is 16.9 Å². The van der Waals surface area contributed by atoms with E-state index in [1.54, 1.807) is 35.0 Å². The van der Waals surface area contributed by atoms with Crippen molar-refractivity contribution in [1.82, 2.24) is 9.78 Å². The summed E-state index contributed by atoms with van der Waals surface area (Å²) in [6.07, 6.45) is 3.18. The van der Waals surface area contributed by atoms with Crippen LogP contribution in [0.5, 0.6) is 0 Å². The average Bonchev–Trinajstić information content (AvgIpc) is 3.30. The van der Waals surface area contributed by atoms with Gasteiger partial charge < -0.3 is 0 Å². The van der Waals surface area contributed by atoms with Crippen LogP contribution in [0.1, 0.15) is 15.9 Å². The fraction of sp³-hybridized carbons (Fsp3) is 0. The number of ketones is 1. The molecule has 0 radical (unpaired) electrons. The Morgan fingerprint density at radius 2 is 1.68 bits per heavy atom. The molecule has 0 bridgehead atoms. The van der Waals surface area contributed by atoms with Crippen LogP contribution in [-0.4, -0.2) is 15.6 Å². The molecule has 4 rings (SSSR count). The second-order valence-corrected chi connectivity index (χ2v) is 6.70. The quantitative estimate of drug-likeness (QED) is 0.244. The maximum Gasteiger partial charge on any atom is 0.206 e. The van der Waals surface area contributed by atoms with Crippen LogP contribution >= 0.6 is 0 Å². The van der Waals surface area contributed by atoms with Crippen LogP contribution in [0.4, 0.5) is 8.78 Å². The van der Waals surface area contributed by atoms with E-state index in [-0.39, 0.29) is 5.57 Å². The molecule has 6 heteroatoms. The molecule has 0 N–H and O–H groups in total. The van der Waals surface area contributed by atoms with E-state index in [4.69, 9.17) is 0 Å². The van der Waals surface area contributed by atoms with E-state index in [9.17, 15) is 18.8 Å². The summed E-state index contributed by atoms with van der Waals surface area (Å²) in [6, 6.07) is 23.7. The number of carbonyl (C=O) groups excluding carboxylic acids is 1. The summed E-state index contributed by atoms with van der Waals surface area (Å²) in [5, 5.41) is 13.9. The zero-order valence-electron chi connectivity index (χ0n) is 16.2. The van der Waals surface area contributed by atoms with Crippen molar-refractivity contribution in [3.05, 3.63) is 113 Å². The maximum absolute atomic E-state index is 13.9. The number of allylic oxidation sites excluding steroid dienone is 1. The molecule has 0 aliphatic carbocycles. The average molecular weight is 411 g/mol. The van der Waals surface area contributed by atoms with Gasteiger partial charge in [-0.2, -0.15) is 10.4 Å². The normalized spacial score (nSPS) is 11.2. The highest BCUT2D eigenvalue weighted by Gasteiger charge is 2.19. The van der Waals surface area contributed by atoms with Gasteiger partial charge in [0.25, 0.3) is 0 Å². The highest BCUT2D eigenvalue weighted by Crippen LogP contribution is 2.20. The zero-order valence-corrected chi connectivity index (χ0v) is 16.2. The molecule has 0 aliphatic rings. The van der Waals surface area contributed by atoms with E-state index in [0.717, 1.165) is 29.1 Å². The minimum Gasteiger partial charge on any atom is -0.288 e. The van der Waals surface area contributed by atoms with Crippen LogP contribution in [0.25, 0.3) is 23.0 Å². The topological polar surface area (TPSA) is 58.7 Å². The van der Waals surface area contributed by atoms with Gasteiger partial charge in [-0.15, -0.1) is 0 Å². The van der Waals surface area contributed by atoms with Gasteiger partial charge in [0, 0.05) is 11.8 Å². The molecule has 0 spiro atoms. The zero-order chi connectivity index (χ0) is 21.8. The van der Waals surface area contributed by atoms with E-state index in [1.165, 1.54) is 12.1 Å². The second kappa shape index (κ2) is 8.56. The lowest BCUT2D eigenvalue weighted by molar-refractivity contribution is 0.103. The van der Waals surface area contributed by atoms with Crippen LogP contribution < -0.4 is 0 Å². The minimum atomic E-state index is -1.27. The molecule has 0 saturated carbocycles. The monoisotopic (exact) mass is 411 g/mol. The first-order chi connectivity index (χ1) is 15.1. The van der Waals surface area contributed by atoms with E-state index < -0.39 is 23.0 Å². The summed E-state index contributed by atoms with van der Waals surface area (Å²) in [5.41, 5.74) is 2.43. The number of halogens is 2. The van der Waals surface area contributed by atoms with Crippen molar-refractivity contribution in [3.63, 3.8) is 0 Å². The van der Waals surface area contributed by atoms with Gasteiger partial charge in [-0.25, -0.2) is 13.5 Å². The third-order valence-electron chi connectivity index (χ3n) is 4.69. The molecule has 0 fully saturated rings. The van der Waals surface area contributed by atoms with Crippen molar-refractivity contribution in [2.75, 3.05) is 0 Å². The number of aromatic nitrogens is 2. The van der Waals surface area contributed by atoms with Gasteiger partial charge >= 0.3 is 0 Å². The Bertz CT molecular complexity index is 1320. The second-order valence-electron chi connectivity index (χ2n) is 6.70. The first-order valence-electron chi connectivity index (χ1n) is 9.39. The van der Waals surface area contributed by atoms with Gasteiger partial charge in [-0.1, -0.05) is 48.5 Å². The summed E-state index contributed by atoms with van der Waals surface area (Å²) < 4.78 is 29.0. The molecule has 4 aromatic rings. The number of hydrogen-bond donors (Lipinski definition) is 0. The largest absolute Gasteiger partial charge is 0.288 e. The molecule has 0 amide bonds. The Labute approximate surface area is 177 Å². The predicted molar refractivity (Wildman–Crippen MR) is 113 cm³/mol. The lowest BCUT2D eigenvalue weighted by Gasteiger charge is -2.04. The number of benzene rings is 3. The molecular formula is C25H15F2N3O. The van der Waals surface area contributed by atoms with Crippen LogP contribution in [0, 0.1) is 23.0 Å². The van der Waals surface area contributed by atoms with E-state index in [0.29, 0.717) is 5.56 Å². The molecule has 0 aliphatic heterocycles. The lowest BCUT2D eigenvalue weighted by atomic mass is 10.0. The van der Waals surface area contributed by atoms with Gasteiger partial charge in [0.15, 0.2) is 11.6 Å². The first kappa shape index (κ1) is 19.9. The molecule has 4 nitrogen and oxygen atoms in total. The molecule has 1 heterocycles. The van der Waals surface area contributed by atoms with Crippen LogP contribution in [0.3, 0.4) is 0 Å². The number of nitriles is 1. The number of rotatable bonds is 5. The van der Waals surface area contributed by atoms with Crippen LogP contribution in [0.15, 0.2) is 90.6 Å². The van der Waals surface area contributed by atoms with Gasteiger partial charge in [0.1, 0.15) is 11.6 Å². The summed E-state index contributed by atoms with van der Waals surface area (Å²) in [5.74, 6) is -3.28. The molecule has 1 aromatic heterocycles. The lowest BCUT2D eigenvalue weighted by Crippen LogP contribution is -2.06. The smallest absolute Gasteiger partial charge is 0.206 e. The van der Waals surface area contributed by atoms with E-state index >= 15 is 0 Å². The summed E-state index contributed by atoms with van der Waals surface area (Å²) in [7, 11) is 0. The Hall–Kier alpha value is -4.37. The molecule has 150 valence electrons. The van der Waals surface area contributed by atoms with Gasteiger partial charge in [0.2, 0.25) is 5.78 Å². The number of Topliss-reactive ketones (excluding diaryl/α,β-unsaturated/α-hetero) is 1. The molecule has 0 unspecified atom stereocenters. The Balaban J connectivity index is 1.58. The molecule has 0 saturated heterocycles.